The summed E-state index contributed by atoms with van der Waals surface area (Å²) in [6, 6.07) is 22.5. The highest BCUT2D eigenvalue weighted by Gasteiger charge is 2.23. The third-order valence-corrected chi connectivity index (χ3v) is 4.50. The molecule has 0 saturated heterocycles. The zero-order valence-corrected chi connectivity index (χ0v) is 15.9. The van der Waals surface area contributed by atoms with Crippen LogP contribution in [0.25, 0.3) is 0 Å². The topological polar surface area (TPSA) is 62.6 Å². The first-order valence-corrected chi connectivity index (χ1v) is 9.34. The van der Waals surface area contributed by atoms with E-state index in [1.165, 1.54) is 11.8 Å². The maximum atomic E-state index is 13.1. The van der Waals surface area contributed by atoms with E-state index in [0.29, 0.717) is 13.1 Å². The molecule has 3 rings (SSSR count). The number of hydrogen-bond donors (Lipinski definition) is 1. The number of carbonyl (C=O) groups excluding carboxylic acids is 2. The molecule has 1 unspecified atom stereocenters. The van der Waals surface area contributed by atoms with Crippen molar-refractivity contribution in [2.75, 3.05) is 6.54 Å². The lowest BCUT2D eigenvalue weighted by molar-refractivity contribution is -0.133. The van der Waals surface area contributed by atoms with Crippen molar-refractivity contribution in [3.05, 3.63) is 95.9 Å². The number of benzene rings is 2. The summed E-state index contributed by atoms with van der Waals surface area (Å²) in [6.45, 7) is 2.76. The first-order chi connectivity index (χ1) is 13.6. The van der Waals surface area contributed by atoms with Gasteiger partial charge in [-0.1, -0.05) is 60.7 Å². The molecule has 28 heavy (non-hydrogen) atoms. The highest BCUT2D eigenvalue weighted by atomic mass is 16.3. The van der Waals surface area contributed by atoms with Crippen LogP contribution in [-0.2, 0) is 17.8 Å². The highest BCUT2D eigenvalue weighted by Crippen LogP contribution is 2.10. The van der Waals surface area contributed by atoms with Gasteiger partial charge in [-0.2, -0.15) is 0 Å². The van der Waals surface area contributed by atoms with Gasteiger partial charge in [-0.15, -0.1) is 0 Å². The largest absolute Gasteiger partial charge is 0.459 e. The quantitative estimate of drug-likeness (QED) is 0.652. The molecule has 0 fully saturated rings. The summed E-state index contributed by atoms with van der Waals surface area (Å²) in [5, 5.41) is 2.72. The molecular formula is C23H24N2O3. The van der Waals surface area contributed by atoms with Gasteiger partial charge < -0.3 is 14.6 Å². The molecular weight excluding hydrogens is 352 g/mol. The van der Waals surface area contributed by atoms with Crippen LogP contribution in [0.1, 0.15) is 28.6 Å². The molecule has 144 valence electrons. The summed E-state index contributed by atoms with van der Waals surface area (Å²) in [7, 11) is 0. The summed E-state index contributed by atoms with van der Waals surface area (Å²) in [5.41, 5.74) is 2.22. The zero-order valence-electron chi connectivity index (χ0n) is 15.9. The van der Waals surface area contributed by atoms with E-state index >= 15 is 0 Å². The number of carbonyl (C=O) groups is 2. The van der Waals surface area contributed by atoms with Crippen LogP contribution in [0, 0.1) is 0 Å². The van der Waals surface area contributed by atoms with Gasteiger partial charge in [-0.3, -0.25) is 9.59 Å². The van der Waals surface area contributed by atoms with Crippen LogP contribution < -0.4 is 5.32 Å². The maximum absolute atomic E-state index is 13.1. The lowest BCUT2D eigenvalue weighted by Gasteiger charge is -2.26. The Morgan fingerprint density at radius 3 is 2.18 bits per heavy atom. The fourth-order valence-electron chi connectivity index (χ4n) is 2.99. The minimum Gasteiger partial charge on any atom is -0.459 e. The van der Waals surface area contributed by atoms with Gasteiger partial charge in [0.1, 0.15) is 6.04 Å². The molecule has 5 nitrogen and oxygen atoms in total. The second-order valence-corrected chi connectivity index (χ2v) is 6.65. The molecule has 0 aliphatic rings. The summed E-state index contributed by atoms with van der Waals surface area (Å²) in [4.78, 5) is 27.0. The summed E-state index contributed by atoms with van der Waals surface area (Å²) >= 11 is 0. The van der Waals surface area contributed by atoms with E-state index in [2.05, 4.69) is 5.32 Å². The van der Waals surface area contributed by atoms with Crippen LogP contribution in [0.3, 0.4) is 0 Å². The molecule has 2 aromatic carbocycles. The molecule has 0 radical (unpaired) electrons. The van der Waals surface area contributed by atoms with Crippen molar-refractivity contribution >= 4 is 11.8 Å². The van der Waals surface area contributed by atoms with Gasteiger partial charge in [0.2, 0.25) is 5.91 Å². The standard InChI is InChI=1S/C23H24N2O3/c1-18(24-22(26)21-13-8-16-28-21)23(27)25(17-20-11-6-3-7-12-20)15-14-19-9-4-2-5-10-19/h2-13,16,18H,14-15,17H2,1H3,(H,24,26). The normalized spacial score (nSPS) is 11.6. The Kier molecular flexibility index (Phi) is 6.63. The Labute approximate surface area is 165 Å². The van der Waals surface area contributed by atoms with Crippen LogP contribution in [-0.4, -0.2) is 29.3 Å². The second kappa shape index (κ2) is 9.55. The fraction of sp³-hybridized carbons (Fsp3) is 0.217. The Balaban J connectivity index is 1.68. The van der Waals surface area contributed by atoms with E-state index in [1.807, 2.05) is 60.7 Å². The fourth-order valence-corrected chi connectivity index (χ4v) is 2.99. The molecule has 0 aliphatic carbocycles. The van der Waals surface area contributed by atoms with Crippen molar-refractivity contribution in [3.8, 4) is 0 Å². The third kappa shape index (κ3) is 5.33. The Bertz CT molecular complexity index is 877. The number of nitrogens with one attached hydrogen (secondary N) is 1. The van der Waals surface area contributed by atoms with E-state index in [9.17, 15) is 9.59 Å². The average molecular weight is 376 g/mol. The van der Waals surface area contributed by atoms with Crippen LogP contribution in [0.15, 0.2) is 83.5 Å². The summed E-state index contributed by atoms with van der Waals surface area (Å²) in [5.74, 6) is -0.327. The Morgan fingerprint density at radius 1 is 0.929 bits per heavy atom. The van der Waals surface area contributed by atoms with Crippen molar-refractivity contribution in [1.82, 2.24) is 10.2 Å². The molecule has 3 aromatic rings. The van der Waals surface area contributed by atoms with Crippen molar-refractivity contribution < 1.29 is 14.0 Å². The Morgan fingerprint density at radius 2 is 1.57 bits per heavy atom. The first-order valence-electron chi connectivity index (χ1n) is 9.34. The minimum absolute atomic E-state index is 0.125. The van der Waals surface area contributed by atoms with Crippen molar-refractivity contribution in [2.24, 2.45) is 0 Å². The molecule has 2 amide bonds. The van der Waals surface area contributed by atoms with Crippen molar-refractivity contribution in [2.45, 2.75) is 25.9 Å². The van der Waals surface area contributed by atoms with E-state index in [-0.39, 0.29) is 11.7 Å². The Hall–Kier alpha value is -3.34. The van der Waals surface area contributed by atoms with Gasteiger partial charge in [0.25, 0.3) is 5.91 Å². The molecule has 0 saturated carbocycles. The predicted molar refractivity (Wildman–Crippen MR) is 108 cm³/mol. The molecule has 0 aliphatic heterocycles. The van der Waals surface area contributed by atoms with Crippen LogP contribution >= 0.6 is 0 Å². The molecule has 1 heterocycles. The number of nitrogens with zero attached hydrogens (tertiary/aromatic N) is 1. The lowest BCUT2D eigenvalue weighted by Crippen LogP contribution is -2.47. The highest BCUT2D eigenvalue weighted by molar-refractivity contribution is 5.95. The van der Waals surface area contributed by atoms with Gasteiger partial charge in [0, 0.05) is 13.1 Å². The third-order valence-electron chi connectivity index (χ3n) is 4.50. The van der Waals surface area contributed by atoms with Gasteiger partial charge in [0.15, 0.2) is 5.76 Å². The summed E-state index contributed by atoms with van der Waals surface area (Å²) < 4.78 is 5.10. The molecule has 5 heteroatoms. The maximum Gasteiger partial charge on any atom is 0.287 e. The van der Waals surface area contributed by atoms with E-state index < -0.39 is 11.9 Å². The zero-order chi connectivity index (χ0) is 19.8. The number of hydrogen-bond acceptors (Lipinski definition) is 3. The first kappa shape index (κ1) is 19.4. The smallest absolute Gasteiger partial charge is 0.287 e. The molecule has 0 spiro atoms. The number of amides is 2. The van der Waals surface area contributed by atoms with Crippen LogP contribution in [0.5, 0.6) is 0 Å². The molecule has 1 N–H and O–H groups in total. The van der Waals surface area contributed by atoms with Crippen molar-refractivity contribution in [1.29, 1.82) is 0 Å². The minimum atomic E-state index is -0.655. The average Bonchev–Trinajstić information content (AvgIpc) is 3.27. The lowest BCUT2D eigenvalue weighted by atomic mass is 10.1. The number of rotatable bonds is 8. The van der Waals surface area contributed by atoms with E-state index in [0.717, 1.165) is 12.0 Å². The monoisotopic (exact) mass is 376 g/mol. The van der Waals surface area contributed by atoms with E-state index in [1.54, 1.807) is 24.0 Å². The summed E-state index contributed by atoms with van der Waals surface area (Å²) in [6.07, 6.45) is 2.18. The van der Waals surface area contributed by atoms with Crippen molar-refractivity contribution in [3.63, 3.8) is 0 Å². The SMILES string of the molecule is CC(NC(=O)c1ccco1)C(=O)N(CCc1ccccc1)Cc1ccccc1. The second-order valence-electron chi connectivity index (χ2n) is 6.65. The molecule has 1 aromatic heterocycles. The van der Waals surface area contributed by atoms with Crippen LogP contribution in [0.2, 0.25) is 0 Å². The number of furan rings is 1. The molecule has 1 atom stereocenters. The van der Waals surface area contributed by atoms with Gasteiger partial charge in [-0.05, 0) is 36.6 Å². The van der Waals surface area contributed by atoms with Gasteiger partial charge in [-0.25, -0.2) is 0 Å². The molecule has 0 bridgehead atoms. The van der Waals surface area contributed by atoms with E-state index in [4.69, 9.17) is 4.42 Å². The predicted octanol–water partition coefficient (Wildman–Crippen LogP) is 3.67. The van der Waals surface area contributed by atoms with Gasteiger partial charge in [0.05, 0.1) is 6.26 Å². The van der Waals surface area contributed by atoms with Crippen LogP contribution in [0.4, 0.5) is 0 Å². The van der Waals surface area contributed by atoms with Gasteiger partial charge >= 0.3 is 0 Å².